The summed E-state index contributed by atoms with van der Waals surface area (Å²) in [5.41, 5.74) is 0.324. The molecule has 7 heteroatoms. The lowest BCUT2D eigenvalue weighted by molar-refractivity contribution is -0.127. The van der Waals surface area contributed by atoms with Crippen molar-refractivity contribution in [2.24, 2.45) is 0 Å². The number of fused-ring (bicyclic) bond motifs is 1. The fourth-order valence-corrected chi connectivity index (χ4v) is 4.88. The van der Waals surface area contributed by atoms with Crippen molar-refractivity contribution < 1.29 is 14.0 Å². The molecule has 0 unspecified atom stereocenters. The smallest absolute Gasteiger partial charge is 0.277 e. The predicted octanol–water partition coefficient (Wildman–Crippen LogP) is 4.97. The second kappa shape index (κ2) is 8.92. The maximum absolute atomic E-state index is 13.8. The summed E-state index contributed by atoms with van der Waals surface area (Å²) in [6, 6.07) is 7.68. The Balaban J connectivity index is 1.72. The molecule has 2 aliphatic rings. The van der Waals surface area contributed by atoms with Crippen LogP contribution >= 0.6 is 0 Å². The number of anilines is 1. The zero-order valence-electron chi connectivity index (χ0n) is 20.2. The van der Waals surface area contributed by atoms with Gasteiger partial charge in [-0.25, -0.2) is 4.39 Å². The molecule has 0 spiro atoms. The Hall–Kier alpha value is -2.70. The fraction of sp³-hybridized carbons (Fsp3) is 0.577. The highest BCUT2D eigenvalue weighted by Gasteiger charge is 2.49. The first kappa shape index (κ1) is 23.5. The Morgan fingerprint density at radius 1 is 1.09 bits per heavy atom. The molecule has 4 rings (SSSR count). The first-order valence-corrected chi connectivity index (χ1v) is 12.1. The number of halogens is 1. The zero-order chi connectivity index (χ0) is 23.8. The number of amides is 2. The standard InChI is InChI=1S/C26H35FN4O2/c1-25(2,3)22-16-21-23(32)31(20-14-12-18(27)13-15-20)26(4,17-30(21)29-22)24(33)28-19-10-8-6-5-7-9-11-19/h12-16,19H,5-11,17H2,1-4H3,(H,28,33)/t26-/m1/s1. The summed E-state index contributed by atoms with van der Waals surface area (Å²) in [6.45, 7) is 8.16. The number of nitrogens with zero attached hydrogens (tertiary/aromatic N) is 3. The van der Waals surface area contributed by atoms with Crippen LogP contribution in [-0.2, 0) is 16.8 Å². The molecule has 2 amide bonds. The van der Waals surface area contributed by atoms with E-state index in [0.29, 0.717) is 11.4 Å². The molecule has 178 valence electrons. The van der Waals surface area contributed by atoms with E-state index in [1.54, 1.807) is 23.7 Å². The van der Waals surface area contributed by atoms with Crippen molar-refractivity contribution in [3.05, 3.63) is 47.5 Å². The van der Waals surface area contributed by atoms with E-state index in [-0.39, 0.29) is 35.6 Å². The molecule has 1 aromatic carbocycles. The number of nitrogens with one attached hydrogen (secondary N) is 1. The monoisotopic (exact) mass is 454 g/mol. The maximum atomic E-state index is 13.8. The van der Waals surface area contributed by atoms with Crippen LogP contribution in [0.15, 0.2) is 30.3 Å². The van der Waals surface area contributed by atoms with E-state index in [2.05, 4.69) is 5.32 Å². The molecule has 1 atom stereocenters. The SMILES string of the molecule is CC(C)(C)c1cc2n(n1)C[C@](C)(C(=O)NC1CCCCCCC1)N(c1ccc(F)cc1)C2=O. The van der Waals surface area contributed by atoms with Gasteiger partial charge in [-0.15, -0.1) is 0 Å². The van der Waals surface area contributed by atoms with E-state index in [1.165, 1.54) is 36.3 Å². The molecule has 1 saturated carbocycles. The van der Waals surface area contributed by atoms with E-state index < -0.39 is 5.54 Å². The average Bonchev–Trinajstić information content (AvgIpc) is 3.16. The van der Waals surface area contributed by atoms with Crippen molar-refractivity contribution in [3.63, 3.8) is 0 Å². The molecule has 1 aliphatic carbocycles. The third kappa shape index (κ3) is 4.68. The van der Waals surface area contributed by atoms with E-state index in [4.69, 9.17) is 5.10 Å². The zero-order valence-corrected chi connectivity index (χ0v) is 20.2. The first-order chi connectivity index (χ1) is 15.6. The number of hydrogen-bond donors (Lipinski definition) is 1. The highest BCUT2D eigenvalue weighted by Crippen LogP contribution is 2.35. The van der Waals surface area contributed by atoms with Gasteiger partial charge in [-0.05, 0) is 50.1 Å². The normalized spacial score (nSPS) is 22.5. The van der Waals surface area contributed by atoms with Gasteiger partial charge in [-0.1, -0.05) is 52.9 Å². The minimum atomic E-state index is -1.19. The van der Waals surface area contributed by atoms with Crippen molar-refractivity contribution in [2.75, 3.05) is 4.90 Å². The van der Waals surface area contributed by atoms with Gasteiger partial charge in [0.15, 0.2) is 0 Å². The van der Waals surface area contributed by atoms with Crippen LogP contribution in [0.4, 0.5) is 10.1 Å². The van der Waals surface area contributed by atoms with Gasteiger partial charge >= 0.3 is 0 Å². The van der Waals surface area contributed by atoms with Crippen LogP contribution in [0.2, 0.25) is 0 Å². The summed E-state index contributed by atoms with van der Waals surface area (Å²) in [5.74, 6) is -0.876. The molecule has 0 bridgehead atoms. The molecule has 2 heterocycles. The lowest BCUT2D eigenvalue weighted by Crippen LogP contribution is -2.65. The number of benzene rings is 1. The minimum Gasteiger partial charge on any atom is -0.351 e. The molecule has 1 N–H and O–H groups in total. The van der Waals surface area contributed by atoms with Crippen LogP contribution < -0.4 is 10.2 Å². The summed E-state index contributed by atoms with van der Waals surface area (Å²) in [5, 5.41) is 7.94. The lowest BCUT2D eigenvalue weighted by Gasteiger charge is -2.43. The molecular weight excluding hydrogens is 419 g/mol. The van der Waals surface area contributed by atoms with Crippen LogP contribution in [-0.4, -0.2) is 33.2 Å². The Kier molecular flexibility index (Phi) is 6.34. The number of carbonyl (C=O) groups excluding carboxylic acids is 2. The van der Waals surface area contributed by atoms with Gasteiger partial charge in [0.25, 0.3) is 5.91 Å². The van der Waals surface area contributed by atoms with Gasteiger partial charge in [0.1, 0.15) is 17.1 Å². The summed E-state index contributed by atoms with van der Waals surface area (Å²) >= 11 is 0. The van der Waals surface area contributed by atoms with Crippen LogP contribution in [0.25, 0.3) is 0 Å². The van der Waals surface area contributed by atoms with Crippen molar-refractivity contribution in [1.82, 2.24) is 15.1 Å². The number of aromatic nitrogens is 2. The maximum Gasteiger partial charge on any atom is 0.277 e. The van der Waals surface area contributed by atoms with Gasteiger partial charge in [0, 0.05) is 17.1 Å². The Morgan fingerprint density at radius 3 is 2.30 bits per heavy atom. The summed E-state index contributed by atoms with van der Waals surface area (Å²) in [4.78, 5) is 29.0. The van der Waals surface area contributed by atoms with Crippen LogP contribution in [0.5, 0.6) is 0 Å². The molecule has 33 heavy (non-hydrogen) atoms. The topological polar surface area (TPSA) is 67.2 Å². The van der Waals surface area contributed by atoms with Crippen LogP contribution in [0.1, 0.15) is 88.8 Å². The Bertz CT molecular complexity index is 1020. The largest absolute Gasteiger partial charge is 0.351 e. The molecule has 1 aromatic heterocycles. The van der Waals surface area contributed by atoms with Crippen molar-refractivity contribution in [2.45, 2.75) is 96.2 Å². The third-order valence-electron chi connectivity index (χ3n) is 6.94. The van der Waals surface area contributed by atoms with Crippen molar-refractivity contribution in [3.8, 4) is 0 Å². The predicted molar refractivity (Wildman–Crippen MR) is 127 cm³/mol. The van der Waals surface area contributed by atoms with Crippen LogP contribution in [0.3, 0.4) is 0 Å². The van der Waals surface area contributed by atoms with Gasteiger partial charge in [0.05, 0.1) is 12.2 Å². The molecule has 1 fully saturated rings. The molecular formula is C26H35FN4O2. The molecule has 2 aromatic rings. The van der Waals surface area contributed by atoms with E-state index in [1.807, 2.05) is 26.8 Å². The Labute approximate surface area is 195 Å². The highest BCUT2D eigenvalue weighted by atomic mass is 19.1. The molecule has 6 nitrogen and oxygen atoms in total. The van der Waals surface area contributed by atoms with Crippen molar-refractivity contribution >= 4 is 17.5 Å². The van der Waals surface area contributed by atoms with E-state index in [9.17, 15) is 14.0 Å². The third-order valence-corrected chi connectivity index (χ3v) is 6.94. The second-order valence-corrected chi connectivity index (χ2v) is 10.7. The molecule has 1 aliphatic heterocycles. The second-order valence-electron chi connectivity index (χ2n) is 10.7. The quantitative estimate of drug-likeness (QED) is 0.712. The van der Waals surface area contributed by atoms with Gasteiger partial charge < -0.3 is 5.32 Å². The average molecular weight is 455 g/mol. The van der Waals surface area contributed by atoms with Crippen LogP contribution in [0, 0.1) is 5.82 Å². The van der Waals surface area contributed by atoms with Gasteiger partial charge in [-0.3, -0.25) is 19.2 Å². The summed E-state index contributed by atoms with van der Waals surface area (Å²) < 4.78 is 15.3. The van der Waals surface area contributed by atoms with E-state index >= 15 is 0 Å². The fourth-order valence-electron chi connectivity index (χ4n) is 4.88. The number of hydrogen-bond acceptors (Lipinski definition) is 3. The molecule has 0 saturated heterocycles. The first-order valence-electron chi connectivity index (χ1n) is 12.1. The number of rotatable bonds is 3. The minimum absolute atomic E-state index is 0.101. The van der Waals surface area contributed by atoms with Gasteiger partial charge in [-0.2, -0.15) is 5.10 Å². The Morgan fingerprint density at radius 2 is 1.70 bits per heavy atom. The highest BCUT2D eigenvalue weighted by molar-refractivity contribution is 6.11. The van der Waals surface area contributed by atoms with Gasteiger partial charge in [0.2, 0.25) is 5.91 Å². The summed E-state index contributed by atoms with van der Waals surface area (Å²) in [7, 11) is 0. The lowest BCUT2D eigenvalue weighted by atomic mass is 9.90. The summed E-state index contributed by atoms with van der Waals surface area (Å²) in [6.07, 6.45) is 7.73. The van der Waals surface area contributed by atoms with Crippen molar-refractivity contribution in [1.29, 1.82) is 0 Å². The van der Waals surface area contributed by atoms with E-state index in [0.717, 1.165) is 31.4 Å². The molecule has 0 radical (unpaired) electrons. The number of carbonyl (C=O) groups is 2.